The van der Waals surface area contributed by atoms with Gasteiger partial charge in [-0.1, -0.05) is 6.07 Å². The molecule has 0 amide bonds. The van der Waals surface area contributed by atoms with Crippen molar-refractivity contribution >= 4 is 5.69 Å². The van der Waals surface area contributed by atoms with E-state index in [0.717, 1.165) is 17.0 Å². The lowest BCUT2D eigenvalue weighted by Crippen LogP contribution is -2.31. The Balaban J connectivity index is 2.00. The summed E-state index contributed by atoms with van der Waals surface area (Å²) in [5.41, 5.74) is 8.18. The van der Waals surface area contributed by atoms with Crippen LogP contribution in [0.25, 0.3) is 0 Å². The molecule has 3 N–H and O–H groups in total. The lowest BCUT2D eigenvalue weighted by Gasteiger charge is -2.16. The van der Waals surface area contributed by atoms with Crippen LogP contribution >= 0.6 is 0 Å². The third-order valence-corrected chi connectivity index (χ3v) is 3.35. The van der Waals surface area contributed by atoms with Crippen molar-refractivity contribution in [1.82, 2.24) is 0 Å². The molecule has 2 aromatic carbocycles. The molecule has 118 valence electrons. The van der Waals surface area contributed by atoms with Crippen molar-refractivity contribution in [3.63, 3.8) is 0 Å². The van der Waals surface area contributed by atoms with Crippen molar-refractivity contribution in [2.75, 3.05) is 26.6 Å². The Morgan fingerprint density at radius 2 is 1.59 bits per heavy atom. The number of nitrogens with two attached hydrogens (primary N) is 1. The molecule has 0 saturated carbocycles. The molecule has 2 aromatic rings. The third-order valence-electron chi connectivity index (χ3n) is 3.35. The second-order valence-corrected chi connectivity index (χ2v) is 4.87. The highest BCUT2D eigenvalue weighted by Crippen LogP contribution is 2.28. The van der Waals surface area contributed by atoms with Gasteiger partial charge in [-0.3, -0.25) is 0 Å². The first-order chi connectivity index (χ1) is 10.7. The average Bonchev–Trinajstić information content (AvgIpc) is 2.55. The minimum absolute atomic E-state index is 0.202. The molecule has 22 heavy (non-hydrogen) atoms. The van der Waals surface area contributed by atoms with Crippen LogP contribution in [0.2, 0.25) is 0 Å². The molecule has 0 fully saturated rings. The first kappa shape index (κ1) is 16.0. The van der Waals surface area contributed by atoms with Crippen molar-refractivity contribution < 1.29 is 14.2 Å². The SMILES string of the molecule is COc1ccc(NC(N)Cc2ccc(OC)c(OC)c2)cc1. The summed E-state index contributed by atoms with van der Waals surface area (Å²) in [4.78, 5) is 0. The Morgan fingerprint density at radius 3 is 2.18 bits per heavy atom. The minimum atomic E-state index is -0.202. The topological polar surface area (TPSA) is 65.7 Å². The Labute approximate surface area is 131 Å². The van der Waals surface area contributed by atoms with Crippen LogP contribution in [0, 0.1) is 0 Å². The number of ether oxygens (including phenoxy) is 3. The summed E-state index contributed by atoms with van der Waals surface area (Å²) in [6, 6.07) is 13.5. The van der Waals surface area contributed by atoms with E-state index in [1.54, 1.807) is 21.3 Å². The summed E-state index contributed by atoms with van der Waals surface area (Å²) in [5.74, 6) is 2.23. The molecule has 0 aliphatic rings. The number of anilines is 1. The van der Waals surface area contributed by atoms with Gasteiger partial charge in [0.15, 0.2) is 11.5 Å². The van der Waals surface area contributed by atoms with Crippen LogP contribution in [0.15, 0.2) is 42.5 Å². The lowest BCUT2D eigenvalue weighted by molar-refractivity contribution is 0.354. The van der Waals surface area contributed by atoms with Crippen molar-refractivity contribution in [1.29, 1.82) is 0 Å². The first-order valence-corrected chi connectivity index (χ1v) is 7.03. The molecule has 0 radical (unpaired) electrons. The van der Waals surface area contributed by atoms with Gasteiger partial charge in [0, 0.05) is 12.1 Å². The van der Waals surface area contributed by atoms with Crippen molar-refractivity contribution in [3.05, 3.63) is 48.0 Å². The van der Waals surface area contributed by atoms with E-state index in [2.05, 4.69) is 5.32 Å². The van der Waals surface area contributed by atoms with E-state index in [0.29, 0.717) is 17.9 Å². The van der Waals surface area contributed by atoms with Gasteiger partial charge in [0.05, 0.1) is 27.5 Å². The molecule has 2 rings (SSSR count). The second-order valence-electron chi connectivity index (χ2n) is 4.87. The Morgan fingerprint density at radius 1 is 0.909 bits per heavy atom. The molecular formula is C17H22N2O3. The fourth-order valence-corrected chi connectivity index (χ4v) is 2.21. The molecule has 5 heteroatoms. The van der Waals surface area contributed by atoms with E-state index in [-0.39, 0.29) is 6.17 Å². The summed E-state index contributed by atoms with van der Waals surface area (Å²) in [5, 5.41) is 3.26. The quantitative estimate of drug-likeness (QED) is 0.770. The first-order valence-electron chi connectivity index (χ1n) is 7.03. The average molecular weight is 302 g/mol. The van der Waals surface area contributed by atoms with E-state index >= 15 is 0 Å². The van der Waals surface area contributed by atoms with Gasteiger partial charge in [-0.25, -0.2) is 0 Å². The zero-order valence-electron chi connectivity index (χ0n) is 13.1. The molecule has 0 aliphatic heterocycles. The van der Waals surface area contributed by atoms with Crippen LogP contribution in [0.3, 0.4) is 0 Å². The largest absolute Gasteiger partial charge is 0.497 e. The molecular weight excluding hydrogens is 280 g/mol. The summed E-state index contributed by atoms with van der Waals surface area (Å²) in [7, 11) is 4.89. The lowest BCUT2D eigenvalue weighted by atomic mass is 10.1. The highest BCUT2D eigenvalue weighted by Gasteiger charge is 2.08. The normalized spacial score (nSPS) is 11.6. The molecule has 0 heterocycles. The van der Waals surface area contributed by atoms with Crippen LogP contribution in [-0.2, 0) is 6.42 Å². The van der Waals surface area contributed by atoms with Gasteiger partial charge < -0.3 is 25.3 Å². The zero-order chi connectivity index (χ0) is 15.9. The van der Waals surface area contributed by atoms with E-state index < -0.39 is 0 Å². The fraction of sp³-hybridized carbons (Fsp3) is 0.294. The van der Waals surface area contributed by atoms with Crippen LogP contribution in [0.4, 0.5) is 5.69 Å². The third kappa shape index (κ3) is 4.05. The monoisotopic (exact) mass is 302 g/mol. The van der Waals surface area contributed by atoms with Crippen molar-refractivity contribution in [2.45, 2.75) is 12.6 Å². The number of nitrogens with one attached hydrogen (secondary N) is 1. The Hall–Kier alpha value is -2.40. The molecule has 0 bridgehead atoms. The van der Waals surface area contributed by atoms with E-state index in [4.69, 9.17) is 19.9 Å². The number of rotatable bonds is 7. The van der Waals surface area contributed by atoms with Crippen LogP contribution in [0.1, 0.15) is 5.56 Å². The van der Waals surface area contributed by atoms with E-state index in [1.165, 1.54) is 0 Å². The predicted octanol–water partition coefficient (Wildman–Crippen LogP) is 2.65. The molecule has 5 nitrogen and oxygen atoms in total. The maximum atomic E-state index is 6.16. The molecule has 0 aliphatic carbocycles. The van der Waals surface area contributed by atoms with Gasteiger partial charge in [0.25, 0.3) is 0 Å². The molecule has 0 spiro atoms. The van der Waals surface area contributed by atoms with E-state index in [1.807, 2.05) is 42.5 Å². The van der Waals surface area contributed by atoms with E-state index in [9.17, 15) is 0 Å². The predicted molar refractivity (Wildman–Crippen MR) is 87.8 cm³/mol. The highest BCUT2D eigenvalue weighted by atomic mass is 16.5. The number of benzene rings is 2. The van der Waals surface area contributed by atoms with Gasteiger partial charge in [0.2, 0.25) is 0 Å². The van der Waals surface area contributed by atoms with Crippen molar-refractivity contribution in [2.24, 2.45) is 5.73 Å². The van der Waals surface area contributed by atoms with Gasteiger partial charge in [-0.05, 0) is 42.0 Å². The molecule has 1 unspecified atom stereocenters. The number of hydrogen-bond donors (Lipinski definition) is 2. The smallest absolute Gasteiger partial charge is 0.160 e. The van der Waals surface area contributed by atoms with Crippen molar-refractivity contribution in [3.8, 4) is 17.2 Å². The summed E-state index contributed by atoms with van der Waals surface area (Å²) in [6.45, 7) is 0. The number of hydrogen-bond acceptors (Lipinski definition) is 5. The summed E-state index contributed by atoms with van der Waals surface area (Å²) < 4.78 is 15.7. The highest BCUT2D eigenvalue weighted by molar-refractivity contribution is 5.48. The maximum absolute atomic E-state index is 6.16. The van der Waals surface area contributed by atoms with Crippen LogP contribution < -0.4 is 25.3 Å². The second kappa shape index (κ2) is 7.56. The molecule has 1 atom stereocenters. The maximum Gasteiger partial charge on any atom is 0.160 e. The standard InChI is InChI=1S/C17H22N2O3/c1-20-14-7-5-13(6-8-14)19-17(18)11-12-4-9-15(21-2)16(10-12)22-3/h4-10,17,19H,11,18H2,1-3H3. The number of methoxy groups -OCH3 is 3. The summed E-state index contributed by atoms with van der Waals surface area (Å²) in [6.07, 6.45) is 0.471. The Kier molecular flexibility index (Phi) is 5.49. The zero-order valence-corrected chi connectivity index (χ0v) is 13.1. The Bertz CT molecular complexity index is 599. The van der Waals surface area contributed by atoms with Crippen LogP contribution in [-0.4, -0.2) is 27.5 Å². The summed E-state index contributed by atoms with van der Waals surface area (Å²) >= 11 is 0. The van der Waals surface area contributed by atoms with Gasteiger partial charge in [-0.15, -0.1) is 0 Å². The molecule has 0 aromatic heterocycles. The van der Waals surface area contributed by atoms with Gasteiger partial charge >= 0.3 is 0 Å². The minimum Gasteiger partial charge on any atom is -0.497 e. The van der Waals surface area contributed by atoms with Gasteiger partial charge in [-0.2, -0.15) is 0 Å². The fourth-order valence-electron chi connectivity index (χ4n) is 2.21. The van der Waals surface area contributed by atoms with Gasteiger partial charge in [0.1, 0.15) is 5.75 Å². The molecule has 0 saturated heterocycles. The van der Waals surface area contributed by atoms with Crippen LogP contribution in [0.5, 0.6) is 17.2 Å².